The van der Waals surface area contributed by atoms with Crippen LogP contribution >= 0.6 is 22.9 Å². The standard InChI is InChI=1S/C19H20ClN3O3S/c1-22(2)9-3-5-11-12(20)7-8-13-15(11)16(18(25)23(13)19(21)26)17(24)14-6-4-10-27-14/h4,6-8,10,25H,3,5,9H2,1-2H3,(H2,21,26). The van der Waals surface area contributed by atoms with Gasteiger partial charge in [0.05, 0.1) is 16.0 Å². The van der Waals surface area contributed by atoms with Crippen LogP contribution in [0.4, 0.5) is 4.79 Å². The molecule has 0 aliphatic heterocycles. The Morgan fingerprint density at radius 2 is 2.04 bits per heavy atom. The van der Waals surface area contributed by atoms with Crippen LogP contribution in [0.1, 0.15) is 27.2 Å². The van der Waals surface area contributed by atoms with Gasteiger partial charge in [-0.15, -0.1) is 11.3 Å². The first kappa shape index (κ1) is 19.4. The number of hydrogen-bond acceptors (Lipinski definition) is 5. The first-order valence-electron chi connectivity index (χ1n) is 8.40. The molecule has 3 aromatic rings. The summed E-state index contributed by atoms with van der Waals surface area (Å²) in [7, 11) is 3.95. The summed E-state index contributed by atoms with van der Waals surface area (Å²) < 4.78 is 0.960. The van der Waals surface area contributed by atoms with Crippen molar-refractivity contribution in [3.8, 4) is 5.88 Å². The van der Waals surface area contributed by atoms with E-state index in [-0.39, 0.29) is 11.3 Å². The summed E-state index contributed by atoms with van der Waals surface area (Å²) >= 11 is 7.70. The number of thiophene rings is 1. The van der Waals surface area contributed by atoms with E-state index in [0.717, 1.165) is 23.1 Å². The Morgan fingerprint density at radius 3 is 2.63 bits per heavy atom. The molecular weight excluding hydrogens is 386 g/mol. The molecule has 0 saturated carbocycles. The third-order valence-electron chi connectivity index (χ3n) is 4.38. The van der Waals surface area contributed by atoms with Gasteiger partial charge in [0.2, 0.25) is 11.7 Å². The molecule has 3 rings (SSSR count). The van der Waals surface area contributed by atoms with Crippen molar-refractivity contribution in [2.75, 3.05) is 20.6 Å². The molecule has 0 saturated heterocycles. The van der Waals surface area contributed by atoms with E-state index in [0.29, 0.717) is 27.2 Å². The molecule has 2 heterocycles. The number of primary amides is 1. The Bertz CT molecular complexity index is 1010. The topological polar surface area (TPSA) is 88.6 Å². The number of ketones is 1. The molecule has 0 aliphatic rings. The number of carbonyl (C=O) groups excluding carboxylic acids is 2. The van der Waals surface area contributed by atoms with Gasteiger partial charge in [0, 0.05) is 10.4 Å². The first-order valence-corrected chi connectivity index (χ1v) is 9.66. The maximum absolute atomic E-state index is 13.1. The number of fused-ring (bicyclic) bond motifs is 1. The van der Waals surface area contributed by atoms with E-state index < -0.39 is 11.9 Å². The molecule has 27 heavy (non-hydrogen) atoms. The summed E-state index contributed by atoms with van der Waals surface area (Å²) in [5.41, 5.74) is 6.63. The fourth-order valence-electron chi connectivity index (χ4n) is 3.20. The number of amides is 1. The lowest BCUT2D eigenvalue weighted by Gasteiger charge is -2.11. The van der Waals surface area contributed by atoms with Gasteiger partial charge in [0.1, 0.15) is 0 Å². The van der Waals surface area contributed by atoms with E-state index >= 15 is 0 Å². The lowest BCUT2D eigenvalue weighted by atomic mass is 9.99. The van der Waals surface area contributed by atoms with Crippen molar-refractivity contribution < 1.29 is 14.7 Å². The third-order valence-corrected chi connectivity index (χ3v) is 5.61. The second-order valence-corrected chi connectivity index (χ2v) is 7.86. The van der Waals surface area contributed by atoms with Gasteiger partial charge in [-0.3, -0.25) is 4.79 Å². The molecule has 0 fully saturated rings. The number of halogens is 1. The molecule has 3 N–H and O–H groups in total. The lowest BCUT2D eigenvalue weighted by Crippen LogP contribution is -2.19. The minimum absolute atomic E-state index is 0.0635. The summed E-state index contributed by atoms with van der Waals surface area (Å²) in [5.74, 6) is -0.810. The summed E-state index contributed by atoms with van der Waals surface area (Å²) in [5, 5.41) is 13.4. The van der Waals surface area contributed by atoms with Gasteiger partial charge in [-0.1, -0.05) is 17.7 Å². The Kier molecular flexibility index (Phi) is 5.55. The normalized spacial score (nSPS) is 11.4. The zero-order chi connectivity index (χ0) is 19.7. The van der Waals surface area contributed by atoms with Crippen LogP contribution in [0.15, 0.2) is 29.6 Å². The van der Waals surface area contributed by atoms with Gasteiger partial charge in [0.25, 0.3) is 0 Å². The minimum Gasteiger partial charge on any atom is -0.494 e. The van der Waals surface area contributed by atoms with Crippen LogP contribution in [0.5, 0.6) is 5.88 Å². The van der Waals surface area contributed by atoms with Crippen molar-refractivity contribution in [3.05, 3.63) is 50.7 Å². The Balaban J connectivity index is 2.26. The highest BCUT2D eigenvalue weighted by atomic mass is 35.5. The number of aromatic nitrogens is 1. The maximum Gasteiger partial charge on any atom is 0.326 e. The van der Waals surface area contributed by atoms with E-state index in [2.05, 4.69) is 4.90 Å². The SMILES string of the molecule is CN(C)CCCc1c(Cl)ccc2c1c(C(=O)c1cccs1)c(O)n2C(N)=O. The van der Waals surface area contributed by atoms with E-state index in [1.807, 2.05) is 14.1 Å². The Hall–Kier alpha value is -2.35. The van der Waals surface area contributed by atoms with E-state index in [4.69, 9.17) is 17.3 Å². The van der Waals surface area contributed by atoms with Crippen molar-refractivity contribution in [1.29, 1.82) is 0 Å². The molecular formula is C19H20ClN3O3S. The number of aryl methyl sites for hydroxylation is 1. The van der Waals surface area contributed by atoms with E-state index in [1.165, 1.54) is 11.3 Å². The van der Waals surface area contributed by atoms with Crippen molar-refractivity contribution in [2.24, 2.45) is 5.73 Å². The highest BCUT2D eigenvalue weighted by molar-refractivity contribution is 7.12. The van der Waals surface area contributed by atoms with Gasteiger partial charge < -0.3 is 15.7 Å². The molecule has 2 aromatic heterocycles. The van der Waals surface area contributed by atoms with Crippen LogP contribution < -0.4 is 5.73 Å². The van der Waals surface area contributed by atoms with Gasteiger partial charge in [0.15, 0.2) is 0 Å². The summed E-state index contributed by atoms with van der Waals surface area (Å²) in [6, 6.07) is 5.84. The summed E-state index contributed by atoms with van der Waals surface area (Å²) in [6.07, 6.45) is 1.41. The fraction of sp³-hybridized carbons (Fsp3) is 0.263. The summed E-state index contributed by atoms with van der Waals surface area (Å²) in [6.45, 7) is 0.837. The second-order valence-electron chi connectivity index (χ2n) is 6.51. The summed E-state index contributed by atoms with van der Waals surface area (Å²) in [4.78, 5) is 27.5. The molecule has 8 heteroatoms. The number of benzene rings is 1. The number of carbonyl (C=O) groups is 2. The number of nitrogens with two attached hydrogens (primary N) is 1. The predicted octanol–water partition coefficient (Wildman–Crippen LogP) is 3.71. The first-order chi connectivity index (χ1) is 12.8. The van der Waals surface area contributed by atoms with E-state index in [9.17, 15) is 14.7 Å². The van der Waals surface area contributed by atoms with Crippen LogP contribution in [0.2, 0.25) is 5.02 Å². The van der Waals surface area contributed by atoms with Crippen LogP contribution in [0, 0.1) is 0 Å². The van der Waals surface area contributed by atoms with Crippen molar-refractivity contribution in [3.63, 3.8) is 0 Å². The number of aromatic hydroxyl groups is 1. The number of rotatable bonds is 6. The number of hydrogen-bond donors (Lipinski definition) is 2. The molecule has 0 aliphatic carbocycles. The van der Waals surface area contributed by atoms with E-state index in [1.54, 1.807) is 29.6 Å². The van der Waals surface area contributed by atoms with Crippen molar-refractivity contribution >= 4 is 45.7 Å². The maximum atomic E-state index is 13.1. The molecule has 0 bridgehead atoms. The van der Waals surface area contributed by atoms with Crippen molar-refractivity contribution in [2.45, 2.75) is 12.8 Å². The second kappa shape index (κ2) is 7.72. The molecule has 1 aromatic carbocycles. The van der Waals surface area contributed by atoms with Gasteiger partial charge in [-0.25, -0.2) is 9.36 Å². The minimum atomic E-state index is -0.857. The highest BCUT2D eigenvalue weighted by Crippen LogP contribution is 2.38. The molecule has 0 atom stereocenters. The van der Waals surface area contributed by atoms with Crippen LogP contribution in [-0.2, 0) is 6.42 Å². The van der Waals surface area contributed by atoms with Gasteiger partial charge in [-0.05, 0) is 62.6 Å². The third kappa shape index (κ3) is 3.58. The molecule has 1 amide bonds. The molecule has 142 valence electrons. The lowest BCUT2D eigenvalue weighted by molar-refractivity contribution is 0.104. The molecule has 6 nitrogen and oxygen atoms in total. The fourth-order valence-corrected chi connectivity index (χ4v) is 4.12. The quantitative estimate of drug-likeness (QED) is 0.612. The zero-order valence-electron chi connectivity index (χ0n) is 15.0. The zero-order valence-corrected chi connectivity index (χ0v) is 16.6. The Labute approximate surface area is 165 Å². The van der Waals surface area contributed by atoms with Crippen molar-refractivity contribution in [1.82, 2.24) is 9.47 Å². The largest absolute Gasteiger partial charge is 0.494 e. The van der Waals surface area contributed by atoms with Crippen LogP contribution in [0.3, 0.4) is 0 Å². The van der Waals surface area contributed by atoms with Gasteiger partial charge in [-0.2, -0.15) is 0 Å². The smallest absolute Gasteiger partial charge is 0.326 e. The molecule has 0 radical (unpaired) electrons. The Morgan fingerprint density at radius 1 is 1.30 bits per heavy atom. The average molecular weight is 406 g/mol. The average Bonchev–Trinajstić information content (AvgIpc) is 3.22. The molecule has 0 unspecified atom stereocenters. The van der Waals surface area contributed by atoms with Crippen LogP contribution in [-0.4, -0.2) is 47.0 Å². The monoisotopic (exact) mass is 405 g/mol. The predicted molar refractivity (Wildman–Crippen MR) is 108 cm³/mol. The van der Waals surface area contributed by atoms with Gasteiger partial charge >= 0.3 is 6.03 Å². The highest BCUT2D eigenvalue weighted by Gasteiger charge is 2.28. The van der Waals surface area contributed by atoms with Crippen LogP contribution in [0.25, 0.3) is 10.9 Å². The number of nitrogens with zero attached hydrogens (tertiary/aromatic N) is 2. The molecule has 0 spiro atoms.